The smallest absolute Gasteiger partial charge is 0.501 e. The molecule has 2 atom stereocenters. The maximum atomic E-state index is 13.5. The van der Waals surface area contributed by atoms with E-state index < -0.39 is 36.3 Å². The highest BCUT2D eigenvalue weighted by atomic mass is 19.4. The fourth-order valence-electron chi connectivity index (χ4n) is 4.76. The number of nitrogens with zero attached hydrogens (tertiary/aromatic N) is 1. The number of fused-ring (bicyclic) bond motifs is 1. The second-order valence-electron chi connectivity index (χ2n) is 8.75. The molecule has 1 heterocycles. The zero-order valence-electron chi connectivity index (χ0n) is 20.7. The third-order valence-corrected chi connectivity index (χ3v) is 6.28. The van der Waals surface area contributed by atoms with Crippen LogP contribution in [0.25, 0.3) is 0 Å². The van der Waals surface area contributed by atoms with Crippen LogP contribution in [0.3, 0.4) is 0 Å². The fourth-order valence-corrected chi connectivity index (χ4v) is 4.76. The number of carbonyl (C=O) groups is 1. The van der Waals surface area contributed by atoms with E-state index in [1.165, 1.54) is 43.4 Å². The lowest BCUT2D eigenvalue weighted by molar-refractivity contribution is -0.275. The molecule has 0 aromatic heterocycles. The topological polar surface area (TPSA) is 69.3 Å². The predicted octanol–water partition coefficient (Wildman–Crippen LogP) is 6.91. The van der Waals surface area contributed by atoms with Crippen LogP contribution in [0.1, 0.15) is 24.4 Å². The summed E-state index contributed by atoms with van der Waals surface area (Å²) in [7, 11) is 2.96. The molecule has 7 nitrogen and oxygen atoms in total. The van der Waals surface area contributed by atoms with Gasteiger partial charge in [-0.15, -0.1) is 26.3 Å². The van der Waals surface area contributed by atoms with Gasteiger partial charge in [0.2, 0.25) is 0 Å². The van der Waals surface area contributed by atoms with Crippen molar-refractivity contribution in [1.82, 2.24) is 4.90 Å². The second-order valence-corrected chi connectivity index (χ2v) is 8.75. The number of anilines is 1. The molecule has 0 radical (unpaired) electrons. The highest BCUT2D eigenvalue weighted by Crippen LogP contribution is 2.47. The number of benzene rings is 2. The van der Waals surface area contributed by atoms with Crippen LogP contribution in [0.2, 0.25) is 0 Å². The fraction of sp³-hybridized carbons (Fsp3) is 0.346. The number of alkyl halides is 6. The van der Waals surface area contributed by atoms with Crippen molar-refractivity contribution in [3.63, 3.8) is 0 Å². The summed E-state index contributed by atoms with van der Waals surface area (Å²) in [5, 5.41) is 2.64. The van der Waals surface area contributed by atoms with Crippen LogP contribution < -0.4 is 14.8 Å². The number of piperidine rings is 1. The summed E-state index contributed by atoms with van der Waals surface area (Å²) >= 11 is 0. The van der Waals surface area contributed by atoms with Crippen molar-refractivity contribution in [3.8, 4) is 11.5 Å². The number of methoxy groups -OCH3 is 2. The normalized spacial score (nSPS) is 19.6. The standard InChI is InChI=1S/C26H24F6N2O5/c1-36-20-12-15-10-11-34(24(35)33-17-6-8-18(9-7-17)38-25(27,28)29)23(22(15)21(14-20)37-2)16-4-3-5-19(13-16)39-26(30,31)32/h3-9,13-15,23H,10-12H2,1-2H3,(H,33,35). The summed E-state index contributed by atoms with van der Waals surface area (Å²) in [4.78, 5) is 14.9. The molecular formula is C26H24F6N2O5. The van der Waals surface area contributed by atoms with E-state index in [9.17, 15) is 31.1 Å². The van der Waals surface area contributed by atoms with Crippen LogP contribution in [-0.2, 0) is 9.47 Å². The number of rotatable bonds is 6. The van der Waals surface area contributed by atoms with Crippen LogP contribution in [0, 0.1) is 5.92 Å². The molecular weight excluding hydrogens is 534 g/mol. The maximum Gasteiger partial charge on any atom is 0.573 e. The Morgan fingerprint density at radius 3 is 2.21 bits per heavy atom. The number of nitrogens with one attached hydrogen (secondary N) is 1. The summed E-state index contributed by atoms with van der Waals surface area (Å²) in [6, 6.07) is 8.47. The average Bonchev–Trinajstić information content (AvgIpc) is 2.86. The molecule has 210 valence electrons. The molecule has 1 N–H and O–H groups in total. The molecule has 2 aliphatic rings. The quantitative estimate of drug-likeness (QED) is 0.390. The van der Waals surface area contributed by atoms with Crippen molar-refractivity contribution < 1.29 is 50.1 Å². The molecule has 2 unspecified atom stereocenters. The van der Waals surface area contributed by atoms with Crippen molar-refractivity contribution in [2.24, 2.45) is 5.92 Å². The molecule has 1 fully saturated rings. The number of urea groups is 1. The number of allylic oxidation sites excluding steroid dienone is 2. The van der Waals surface area contributed by atoms with Gasteiger partial charge in [0.05, 0.1) is 26.0 Å². The summed E-state index contributed by atoms with van der Waals surface area (Å²) in [5.74, 6) is 0.0404. The first-order chi connectivity index (χ1) is 18.4. The highest BCUT2D eigenvalue weighted by Gasteiger charge is 2.42. The highest BCUT2D eigenvalue weighted by molar-refractivity contribution is 5.90. The van der Waals surface area contributed by atoms with E-state index in [1.807, 2.05) is 0 Å². The minimum Gasteiger partial charge on any atom is -0.501 e. The van der Waals surface area contributed by atoms with Gasteiger partial charge in [0.15, 0.2) is 0 Å². The van der Waals surface area contributed by atoms with Crippen LogP contribution in [-0.4, -0.2) is 44.4 Å². The van der Waals surface area contributed by atoms with E-state index in [0.29, 0.717) is 35.5 Å². The van der Waals surface area contributed by atoms with Crippen molar-refractivity contribution in [2.75, 3.05) is 26.1 Å². The number of ether oxygens (including phenoxy) is 4. The number of carbonyl (C=O) groups excluding carboxylic acids is 1. The van der Waals surface area contributed by atoms with Crippen molar-refractivity contribution in [1.29, 1.82) is 0 Å². The van der Waals surface area contributed by atoms with Gasteiger partial charge in [-0.2, -0.15) is 0 Å². The molecule has 0 spiro atoms. The lowest BCUT2D eigenvalue weighted by Crippen LogP contribution is -2.45. The maximum absolute atomic E-state index is 13.5. The average molecular weight is 558 g/mol. The van der Waals surface area contributed by atoms with Gasteiger partial charge < -0.3 is 29.2 Å². The molecule has 0 saturated carbocycles. The third kappa shape index (κ3) is 6.89. The number of hydrogen-bond acceptors (Lipinski definition) is 5. The summed E-state index contributed by atoms with van der Waals surface area (Å²) in [5.41, 5.74) is 1.22. The van der Waals surface area contributed by atoms with Crippen molar-refractivity contribution in [3.05, 3.63) is 77.3 Å². The number of hydrogen-bond donors (Lipinski definition) is 1. The Labute approximate surface area is 219 Å². The Morgan fingerprint density at radius 2 is 1.59 bits per heavy atom. The molecule has 13 heteroatoms. The summed E-state index contributed by atoms with van der Waals surface area (Å²) in [6.45, 7) is 0.221. The molecule has 39 heavy (non-hydrogen) atoms. The number of amides is 2. The Hall–Kier alpha value is -4.03. The van der Waals surface area contributed by atoms with Gasteiger partial charge in [0.25, 0.3) is 0 Å². The van der Waals surface area contributed by atoms with Gasteiger partial charge >= 0.3 is 18.8 Å². The Kier molecular flexibility index (Phi) is 7.89. The monoisotopic (exact) mass is 558 g/mol. The van der Waals surface area contributed by atoms with E-state index in [4.69, 9.17) is 9.47 Å². The molecule has 1 saturated heterocycles. The van der Waals surface area contributed by atoms with Gasteiger partial charge in [-0.1, -0.05) is 12.1 Å². The Morgan fingerprint density at radius 1 is 0.923 bits per heavy atom. The molecule has 1 aliphatic carbocycles. The minimum absolute atomic E-state index is 0.125. The first-order valence-electron chi connectivity index (χ1n) is 11.7. The number of halogens is 6. The zero-order chi connectivity index (χ0) is 28.4. The Balaban J connectivity index is 1.70. The predicted molar refractivity (Wildman–Crippen MR) is 127 cm³/mol. The van der Waals surface area contributed by atoms with Gasteiger partial charge in [0, 0.05) is 30.3 Å². The van der Waals surface area contributed by atoms with E-state index in [1.54, 1.807) is 12.1 Å². The van der Waals surface area contributed by atoms with Crippen LogP contribution in [0.5, 0.6) is 11.5 Å². The third-order valence-electron chi connectivity index (χ3n) is 6.28. The van der Waals surface area contributed by atoms with E-state index in [2.05, 4.69) is 14.8 Å². The lowest BCUT2D eigenvalue weighted by atomic mass is 9.77. The minimum atomic E-state index is -4.91. The van der Waals surface area contributed by atoms with Crippen molar-refractivity contribution >= 4 is 11.7 Å². The molecule has 2 aromatic carbocycles. The van der Waals surface area contributed by atoms with Gasteiger partial charge in [0.1, 0.15) is 17.3 Å². The van der Waals surface area contributed by atoms with Crippen LogP contribution in [0.4, 0.5) is 36.8 Å². The van der Waals surface area contributed by atoms with Gasteiger partial charge in [-0.25, -0.2) is 4.79 Å². The summed E-state index contributed by atoms with van der Waals surface area (Å²) < 4.78 is 95.2. The first kappa shape index (κ1) is 28.0. The zero-order valence-corrected chi connectivity index (χ0v) is 20.7. The second kappa shape index (κ2) is 11.0. The van der Waals surface area contributed by atoms with Gasteiger partial charge in [-0.05, 0) is 54.3 Å². The molecule has 2 aromatic rings. The SMILES string of the molecule is COC1=CC(OC)=C2C(CCN(C(=O)Nc3ccc(OC(F)(F)F)cc3)C2c2cccc(OC(F)(F)F)c2)C1. The van der Waals surface area contributed by atoms with Gasteiger partial charge in [-0.3, -0.25) is 0 Å². The van der Waals surface area contributed by atoms with Crippen LogP contribution >= 0.6 is 0 Å². The molecule has 2 amide bonds. The van der Waals surface area contributed by atoms with E-state index >= 15 is 0 Å². The molecule has 1 aliphatic heterocycles. The lowest BCUT2D eigenvalue weighted by Gasteiger charge is -2.43. The van der Waals surface area contributed by atoms with E-state index in [0.717, 1.165) is 18.2 Å². The molecule has 0 bridgehead atoms. The largest absolute Gasteiger partial charge is 0.573 e. The summed E-state index contributed by atoms with van der Waals surface area (Å²) in [6.07, 6.45) is -7.09. The van der Waals surface area contributed by atoms with Crippen molar-refractivity contribution in [2.45, 2.75) is 31.6 Å². The van der Waals surface area contributed by atoms with E-state index in [-0.39, 0.29) is 18.2 Å². The Bertz CT molecular complexity index is 1260. The molecule has 4 rings (SSSR count). The first-order valence-corrected chi connectivity index (χ1v) is 11.7. The number of likely N-dealkylation sites (tertiary alicyclic amines) is 1. The van der Waals surface area contributed by atoms with Crippen LogP contribution in [0.15, 0.2) is 71.7 Å².